The largest absolute Gasteiger partial charge is 0.396 e. The SMILES string of the molecule is CN(CCC1CCC(CNCCCCCO)CC1)S(=O)(=O)c1ccc(Cl)cc1. The van der Waals surface area contributed by atoms with Crippen LogP contribution >= 0.6 is 11.6 Å². The van der Waals surface area contributed by atoms with Gasteiger partial charge in [0.25, 0.3) is 0 Å². The Morgan fingerprint density at radius 1 is 1.07 bits per heavy atom. The number of rotatable bonds is 12. The number of nitrogens with zero attached hydrogens (tertiary/aromatic N) is 1. The van der Waals surface area contributed by atoms with Crippen LogP contribution in [-0.2, 0) is 10.0 Å². The highest BCUT2D eigenvalue weighted by Gasteiger charge is 2.24. The molecule has 1 aliphatic carbocycles. The van der Waals surface area contributed by atoms with Crippen molar-refractivity contribution in [3.63, 3.8) is 0 Å². The number of aliphatic hydroxyl groups is 1. The highest BCUT2D eigenvalue weighted by atomic mass is 35.5. The van der Waals surface area contributed by atoms with E-state index in [0.29, 0.717) is 29.0 Å². The fourth-order valence-electron chi connectivity index (χ4n) is 3.84. The summed E-state index contributed by atoms with van der Waals surface area (Å²) in [6, 6.07) is 6.36. The van der Waals surface area contributed by atoms with Gasteiger partial charge in [-0.1, -0.05) is 24.4 Å². The fraction of sp³-hybridized carbons (Fsp3) is 0.714. The molecule has 0 heterocycles. The molecule has 0 atom stereocenters. The summed E-state index contributed by atoms with van der Waals surface area (Å²) < 4.78 is 26.8. The molecule has 1 saturated carbocycles. The average molecular weight is 431 g/mol. The zero-order valence-electron chi connectivity index (χ0n) is 16.9. The minimum absolute atomic E-state index is 0.292. The molecule has 2 N–H and O–H groups in total. The molecule has 1 aromatic carbocycles. The van der Waals surface area contributed by atoms with Crippen molar-refractivity contribution in [3.8, 4) is 0 Å². The standard InChI is InChI=1S/C21H35ClN2O3S/c1-24(28(26,27)21-11-9-20(22)10-12-21)15-13-18-5-7-19(8-6-18)17-23-14-3-2-4-16-25/h9-12,18-19,23,25H,2-8,13-17H2,1H3. The van der Waals surface area contributed by atoms with Crippen LogP contribution in [0, 0.1) is 11.8 Å². The van der Waals surface area contributed by atoms with Crippen LogP contribution in [0.4, 0.5) is 0 Å². The summed E-state index contributed by atoms with van der Waals surface area (Å²) in [7, 11) is -1.78. The normalized spacial score (nSPS) is 20.6. The molecule has 0 amide bonds. The number of unbranched alkanes of at least 4 members (excludes halogenated alkanes) is 2. The monoisotopic (exact) mass is 430 g/mol. The minimum atomic E-state index is -3.44. The van der Waals surface area contributed by atoms with Crippen LogP contribution in [-0.4, -0.2) is 51.1 Å². The summed E-state index contributed by atoms with van der Waals surface area (Å²) in [6.07, 6.45) is 8.86. The van der Waals surface area contributed by atoms with Gasteiger partial charge in [0.05, 0.1) is 4.90 Å². The fourth-order valence-corrected chi connectivity index (χ4v) is 5.15. The molecule has 0 saturated heterocycles. The Morgan fingerprint density at radius 3 is 2.36 bits per heavy atom. The van der Waals surface area contributed by atoms with Gasteiger partial charge in [-0.3, -0.25) is 0 Å². The maximum Gasteiger partial charge on any atom is 0.242 e. The molecule has 0 unspecified atom stereocenters. The van der Waals surface area contributed by atoms with Gasteiger partial charge in [0.1, 0.15) is 0 Å². The molecule has 5 nitrogen and oxygen atoms in total. The Morgan fingerprint density at radius 2 is 1.71 bits per heavy atom. The first kappa shape index (κ1) is 23.6. The van der Waals surface area contributed by atoms with Crippen LogP contribution in [0.15, 0.2) is 29.2 Å². The third-order valence-electron chi connectivity index (χ3n) is 5.79. The Kier molecular flexibility index (Phi) is 10.2. The van der Waals surface area contributed by atoms with Gasteiger partial charge in [0.2, 0.25) is 10.0 Å². The summed E-state index contributed by atoms with van der Waals surface area (Å²) in [4.78, 5) is 0.299. The first-order valence-corrected chi connectivity index (χ1v) is 12.3. The predicted molar refractivity (Wildman–Crippen MR) is 115 cm³/mol. The van der Waals surface area contributed by atoms with Crippen molar-refractivity contribution in [1.82, 2.24) is 9.62 Å². The highest BCUT2D eigenvalue weighted by Crippen LogP contribution is 2.31. The van der Waals surface area contributed by atoms with E-state index in [2.05, 4.69) is 5.32 Å². The molecule has 0 radical (unpaired) electrons. The van der Waals surface area contributed by atoms with E-state index >= 15 is 0 Å². The van der Waals surface area contributed by atoms with Gasteiger partial charge < -0.3 is 10.4 Å². The summed E-state index contributed by atoms with van der Waals surface area (Å²) in [5, 5.41) is 12.9. The van der Waals surface area contributed by atoms with Crippen molar-refractivity contribution in [3.05, 3.63) is 29.3 Å². The van der Waals surface area contributed by atoms with Crippen LogP contribution in [0.2, 0.25) is 5.02 Å². The number of halogens is 1. The Labute approximate surface area is 175 Å². The second-order valence-corrected chi connectivity index (χ2v) is 10.4. The number of aliphatic hydroxyl groups excluding tert-OH is 1. The summed E-state index contributed by atoms with van der Waals surface area (Å²) in [5.41, 5.74) is 0. The van der Waals surface area contributed by atoms with E-state index in [1.165, 1.54) is 30.0 Å². The van der Waals surface area contributed by atoms with Crippen LogP contribution in [0.3, 0.4) is 0 Å². The van der Waals surface area contributed by atoms with Gasteiger partial charge in [0, 0.05) is 25.2 Å². The van der Waals surface area contributed by atoms with Gasteiger partial charge in [-0.2, -0.15) is 0 Å². The molecule has 160 valence electrons. The van der Waals surface area contributed by atoms with Crippen molar-refractivity contribution in [1.29, 1.82) is 0 Å². The molecule has 1 aliphatic rings. The minimum Gasteiger partial charge on any atom is -0.396 e. The first-order valence-electron chi connectivity index (χ1n) is 10.5. The van der Waals surface area contributed by atoms with Crippen LogP contribution in [0.1, 0.15) is 51.4 Å². The van der Waals surface area contributed by atoms with E-state index in [-0.39, 0.29) is 0 Å². The van der Waals surface area contributed by atoms with Crippen molar-refractivity contribution in [2.45, 2.75) is 56.3 Å². The Hall–Kier alpha value is -0.660. The summed E-state index contributed by atoms with van der Waals surface area (Å²) >= 11 is 5.85. The van der Waals surface area contributed by atoms with E-state index in [9.17, 15) is 8.42 Å². The zero-order chi connectivity index (χ0) is 20.4. The Balaban J connectivity index is 1.65. The second kappa shape index (κ2) is 12.1. The number of sulfonamides is 1. The van der Waals surface area contributed by atoms with Gasteiger partial charge in [-0.15, -0.1) is 0 Å². The quantitative estimate of drug-likeness (QED) is 0.493. The highest BCUT2D eigenvalue weighted by molar-refractivity contribution is 7.89. The summed E-state index contributed by atoms with van der Waals surface area (Å²) in [6.45, 7) is 2.97. The first-order chi connectivity index (χ1) is 13.4. The van der Waals surface area contributed by atoms with Crippen LogP contribution in [0.5, 0.6) is 0 Å². The van der Waals surface area contributed by atoms with Gasteiger partial charge in [-0.25, -0.2) is 12.7 Å². The van der Waals surface area contributed by atoms with Gasteiger partial charge in [-0.05, 0) is 87.7 Å². The molecular weight excluding hydrogens is 396 g/mol. The molecule has 2 rings (SSSR count). The van der Waals surface area contributed by atoms with E-state index < -0.39 is 10.0 Å². The van der Waals surface area contributed by atoms with E-state index in [1.807, 2.05) is 0 Å². The molecule has 28 heavy (non-hydrogen) atoms. The van der Waals surface area contributed by atoms with Crippen molar-refractivity contribution >= 4 is 21.6 Å². The van der Waals surface area contributed by atoms with Gasteiger partial charge >= 0.3 is 0 Å². The third kappa shape index (κ3) is 7.64. The number of nitrogens with one attached hydrogen (secondary N) is 1. The lowest BCUT2D eigenvalue weighted by Crippen LogP contribution is -2.31. The Bertz CT molecular complexity index is 659. The lowest BCUT2D eigenvalue weighted by molar-refractivity contribution is 0.247. The average Bonchev–Trinajstić information content (AvgIpc) is 2.70. The molecule has 0 spiro atoms. The van der Waals surface area contributed by atoms with Gasteiger partial charge in [0.15, 0.2) is 0 Å². The molecule has 0 aliphatic heterocycles. The van der Waals surface area contributed by atoms with Crippen molar-refractivity contribution in [2.75, 3.05) is 33.3 Å². The summed E-state index contributed by atoms with van der Waals surface area (Å²) in [5.74, 6) is 1.35. The lowest BCUT2D eigenvalue weighted by Gasteiger charge is -2.29. The van der Waals surface area contributed by atoms with Crippen LogP contribution in [0.25, 0.3) is 0 Å². The molecule has 1 aromatic rings. The zero-order valence-corrected chi connectivity index (χ0v) is 18.5. The smallest absolute Gasteiger partial charge is 0.242 e. The maximum atomic E-state index is 12.6. The molecular formula is C21H35ClN2O3S. The second-order valence-electron chi connectivity index (χ2n) is 7.94. The maximum absolute atomic E-state index is 12.6. The molecule has 7 heteroatoms. The molecule has 0 bridgehead atoms. The number of benzene rings is 1. The van der Waals surface area contributed by atoms with E-state index in [1.54, 1.807) is 31.3 Å². The van der Waals surface area contributed by atoms with E-state index in [4.69, 9.17) is 16.7 Å². The van der Waals surface area contributed by atoms with Crippen molar-refractivity contribution < 1.29 is 13.5 Å². The topological polar surface area (TPSA) is 69.6 Å². The van der Waals surface area contributed by atoms with E-state index in [0.717, 1.165) is 44.7 Å². The number of hydrogen-bond acceptors (Lipinski definition) is 4. The molecule has 0 aromatic heterocycles. The predicted octanol–water partition coefficient (Wildman–Crippen LogP) is 3.91. The van der Waals surface area contributed by atoms with Crippen molar-refractivity contribution in [2.24, 2.45) is 11.8 Å². The third-order valence-corrected chi connectivity index (χ3v) is 7.91. The molecule has 1 fully saturated rings. The lowest BCUT2D eigenvalue weighted by atomic mass is 9.80. The van der Waals surface area contributed by atoms with Crippen LogP contribution < -0.4 is 5.32 Å². The number of hydrogen-bond donors (Lipinski definition) is 2.